The molecule has 5 heteroatoms. The molecule has 1 saturated heterocycles. The first-order valence-corrected chi connectivity index (χ1v) is 10.3. The summed E-state index contributed by atoms with van der Waals surface area (Å²) in [6.07, 6.45) is 0.908. The number of rotatable bonds is 6. The van der Waals surface area contributed by atoms with Gasteiger partial charge in [-0.05, 0) is 42.5 Å². The van der Waals surface area contributed by atoms with Crippen molar-refractivity contribution in [3.8, 4) is 0 Å². The highest BCUT2D eigenvalue weighted by Gasteiger charge is 2.41. The highest BCUT2D eigenvalue weighted by atomic mass is 19.1. The number of carbonyl (C=O) groups is 2. The molecule has 1 aliphatic heterocycles. The molecular formula is C24H29FN2O2. The zero-order chi connectivity index (χ0) is 21.0. The van der Waals surface area contributed by atoms with Crippen LogP contribution in [-0.2, 0) is 4.79 Å². The van der Waals surface area contributed by atoms with Crippen molar-refractivity contribution >= 4 is 11.8 Å². The van der Waals surface area contributed by atoms with Gasteiger partial charge in [0.1, 0.15) is 5.82 Å². The van der Waals surface area contributed by atoms with Crippen LogP contribution in [0.15, 0.2) is 48.5 Å². The number of benzene rings is 2. The van der Waals surface area contributed by atoms with Crippen molar-refractivity contribution in [3.63, 3.8) is 0 Å². The minimum absolute atomic E-state index is 0.0391. The molecule has 0 spiro atoms. The highest BCUT2D eigenvalue weighted by molar-refractivity contribution is 5.95. The number of hydrogen-bond acceptors (Lipinski definition) is 2. The Morgan fingerprint density at radius 2 is 1.79 bits per heavy atom. The van der Waals surface area contributed by atoms with E-state index in [0.717, 1.165) is 17.5 Å². The monoisotopic (exact) mass is 396 g/mol. The van der Waals surface area contributed by atoms with E-state index in [1.54, 1.807) is 17.0 Å². The summed E-state index contributed by atoms with van der Waals surface area (Å²) in [6, 6.07) is 14.0. The van der Waals surface area contributed by atoms with Gasteiger partial charge in [-0.25, -0.2) is 4.39 Å². The van der Waals surface area contributed by atoms with Crippen LogP contribution >= 0.6 is 0 Å². The number of amides is 2. The highest BCUT2D eigenvalue weighted by Crippen LogP contribution is 2.35. The first-order chi connectivity index (χ1) is 13.9. The van der Waals surface area contributed by atoms with Gasteiger partial charge in [0.25, 0.3) is 5.91 Å². The second-order valence-corrected chi connectivity index (χ2v) is 8.23. The van der Waals surface area contributed by atoms with Gasteiger partial charge in [0, 0.05) is 25.6 Å². The third-order valence-electron chi connectivity index (χ3n) is 5.66. The van der Waals surface area contributed by atoms with Crippen molar-refractivity contribution in [2.45, 2.75) is 33.1 Å². The van der Waals surface area contributed by atoms with Crippen molar-refractivity contribution in [3.05, 3.63) is 71.0 Å². The standard InChI is InChI=1S/C24H29FN2O2/c1-16(2)12-13-26-23(28)21-15-27(24(29)19-10-6-7-11-22(19)25)14-20(21)18-9-5-4-8-17(18)3/h4-11,16,20-21H,12-15H2,1-3H3,(H,26,28)/t20-,21-/m0/s1. The molecule has 0 aromatic heterocycles. The smallest absolute Gasteiger partial charge is 0.256 e. The van der Waals surface area contributed by atoms with Crippen LogP contribution in [0.4, 0.5) is 4.39 Å². The summed E-state index contributed by atoms with van der Waals surface area (Å²) in [6.45, 7) is 7.57. The molecule has 29 heavy (non-hydrogen) atoms. The SMILES string of the molecule is Cc1ccccc1[C@@H]1CN(C(=O)c2ccccc2F)C[C@@H]1C(=O)NCCC(C)C. The van der Waals surface area contributed by atoms with Crippen LogP contribution in [0.5, 0.6) is 0 Å². The van der Waals surface area contributed by atoms with E-state index in [4.69, 9.17) is 0 Å². The molecule has 2 aromatic rings. The number of halogens is 1. The lowest BCUT2D eigenvalue weighted by Gasteiger charge is -2.20. The topological polar surface area (TPSA) is 49.4 Å². The number of carbonyl (C=O) groups excluding carboxylic acids is 2. The average molecular weight is 397 g/mol. The Bertz CT molecular complexity index is 881. The molecule has 0 radical (unpaired) electrons. The van der Waals surface area contributed by atoms with Gasteiger partial charge in [-0.15, -0.1) is 0 Å². The number of nitrogens with one attached hydrogen (secondary N) is 1. The fourth-order valence-electron chi connectivity index (χ4n) is 3.97. The van der Waals surface area contributed by atoms with Gasteiger partial charge in [0.15, 0.2) is 0 Å². The van der Waals surface area contributed by atoms with E-state index in [-0.39, 0.29) is 29.2 Å². The van der Waals surface area contributed by atoms with Gasteiger partial charge in [-0.2, -0.15) is 0 Å². The molecule has 0 saturated carbocycles. The number of hydrogen-bond donors (Lipinski definition) is 1. The van der Waals surface area contributed by atoms with Crippen molar-refractivity contribution in [2.24, 2.45) is 11.8 Å². The van der Waals surface area contributed by atoms with Crippen LogP contribution in [0, 0.1) is 24.6 Å². The fourth-order valence-corrected chi connectivity index (χ4v) is 3.97. The second-order valence-electron chi connectivity index (χ2n) is 8.23. The molecular weight excluding hydrogens is 367 g/mol. The minimum Gasteiger partial charge on any atom is -0.356 e. The van der Waals surface area contributed by atoms with Crippen LogP contribution in [0.2, 0.25) is 0 Å². The van der Waals surface area contributed by atoms with E-state index in [1.807, 2.05) is 31.2 Å². The summed E-state index contributed by atoms with van der Waals surface area (Å²) < 4.78 is 14.1. The summed E-state index contributed by atoms with van der Waals surface area (Å²) in [5, 5.41) is 3.03. The zero-order valence-corrected chi connectivity index (χ0v) is 17.3. The van der Waals surface area contributed by atoms with E-state index in [1.165, 1.54) is 12.1 Å². The predicted molar refractivity (Wildman–Crippen MR) is 112 cm³/mol. The molecule has 1 aliphatic rings. The lowest BCUT2D eigenvalue weighted by molar-refractivity contribution is -0.124. The number of likely N-dealkylation sites (tertiary alicyclic amines) is 1. The van der Waals surface area contributed by atoms with E-state index in [9.17, 15) is 14.0 Å². The van der Waals surface area contributed by atoms with Crippen LogP contribution in [0.1, 0.15) is 47.7 Å². The van der Waals surface area contributed by atoms with Crippen LogP contribution < -0.4 is 5.32 Å². The maximum atomic E-state index is 14.1. The Morgan fingerprint density at radius 3 is 2.48 bits per heavy atom. The van der Waals surface area contributed by atoms with Crippen molar-refractivity contribution in [1.29, 1.82) is 0 Å². The van der Waals surface area contributed by atoms with Crippen molar-refractivity contribution < 1.29 is 14.0 Å². The lowest BCUT2D eigenvalue weighted by atomic mass is 9.86. The molecule has 1 N–H and O–H groups in total. The van der Waals surface area contributed by atoms with Gasteiger partial charge in [-0.1, -0.05) is 50.2 Å². The Labute approximate surface area is 172 Å². The first kappa shape index (κ1) is 21.0. The number of nitrogens with zero attached hydrogens (tertiary/aromatic N) is 1. The molecule has 0 aliphatic carbocycles. The second kappa shape index (κ2) is 9.21. The third kappa shape index (κ3) is 4.84. The molecule has 2 amide bonds. The third-order valence-corrected chi connectivity index (χ3v) is 5.66. The average Bonchev–Trinajstić information content (AvgIpc) is 3.13. The zero-order valence-electron chi connectivity index (χ0n) is 17.3. The van der Waals surface area contributed by atoms with Gasteiger partial charge in [0.05, 0.1) is 11.5 Å². The van der Waals surface area contributed by atoms with Crippen LogP contribution in [0.3, 0.4) is 0 Å². The fraction of sp³-hybridized carbons (Fsp3) is 0.417. The molecule has 154 valence electrons. The van der Waals surface area contributed by atoms with E-state index < -0.39 is 5.82 Å². The Kier molecular flexibility index (Phi) is 6.68. The molecule has 2 aromatic carbocycles. The summed E-state index contributed by atoms with van der Waals surface area (Å²) in [7, 11) is 0. The summed E-state index contributed by atoms with van der Waals surface area (Å²) in [5.74, 6) is -0.883. The molecule has 1 heterocycles. The summed E-state index contributed by atoms with van der Waals surface area (Å²) in [5.41, 5.74) is 2.22. The summed E-state index contributed by atoms with van der Waals surface area (Å²) >= 11 is 0. The van der Waals surface area contributed by atoms with Crippen molar-refractivity contribution in [2.75, 3.05) is 19.6 Å². The first-order valence-electron chi connectivity index (χ1n) is 10.3. The molecule has 0 bridgehead atoms. The lowest BCUT2D eigenvalue weighted by Crippen LogP contribution is -2.36. The molecule has 2 atom stereocenters. The predicted octanol–water partition coefficient (Wildman–Crippen LogP) is 4.15. The van der Waals surface area contributed by atoms with Gasteiger partial charge in [0.2, 0.25) is 5.91 Å². The normalized spacial score (nSPS) is 18.9. The maximum absolute atomic E-state index is 14.1. The quantitative estimate of drug-likeness (QED) is 0.797. The van der Waals surface area contributed by atoms with Gasteiger partial charge < -0.3 is 10.2 Å². The molecule has 0 unspecified atom stereocenters. The molecule has 4 nitrogen and oxygen atoms in total. The minimum atomic E-state index is -0.533. The van der Waals surface area contributed by atoms with E-state index in [0.29, 0.717) is 25.6 Å². The Hall–Kier alpha value is -2.69. The Balaban J connectivity index is 1.84. The number of aryl methyl sites for hydroxylation is 1. The summed E-state index contributed by atoms with van der Waals surface area (Å²) in [4.78, 5) is 27.5. The van der Waals surface area contributed by atoms with Crippen molar-refractivity contribution in [1.82, 2.24) is 10.2 Å². The van der Waals surface area contributed by atoms with Gasteiger partial charge >= 0.3 is 0 Å². The van der Waals surface area contributed by atoms with Crippen LogP contribution in [0.25, 0.3) is 0 Å². The Morgan fingerprint density at radius 1 is 1.10 bits per heavy atom. The molecule has 3 rings (SSSR count). The maximum Gasteiger partial charge on any atom is 0.256 e. The molecule has 1 fully saturated rings. The van der Waals surface area contributed by atoms with Crippen LogP contribution in [-0.4, -0.2) is 36.3 Å². The van der Waals surface area contributed by atoms with Gasteiger partial charge in [-0.3, -0.25) is 9.59 Å². The largest absolute Gasteiger partial charge is 0.356 e. The van der Waals surface area contributed by atoms with E-state index in [2.05, 4.69) is 19.2 Å². The van der Waals surface area contributed by atoms with E-state index >= 15 is 0 Å².